The van der Waals surface area contributed by atoms with Crippen LogP contribution in [0.1, 0.15) is 56.2 Å². The van der Waals surface area contributed by atoms with Crippen LogP contribution in [0.3, 0.4) is 0 Å². The van der Waals surface area contributed by atoms with Crippen LogP contribution in [0.25, 0.3) is 5.70 Å². The largest absolute Gasteiger partial charge is 0.296 e. The SMILES string of the molecule is C=C(N=C(CCC)CCC)c1ccc(C=NC)c(C)c1. The zero-order valence-corrected chi connectivity index (χ0v) is 13.2. The fourth-order valence-electron chi connectivity index (χ4n) is 2.21. The van der Waals surface area contributed by atoms with Gasteiger partial charge < -0.3 is 0 Å². The molecule has 0 aliphatic carbocycles. The molecule has 0 bridgehead atoms. The van der Waals surface area contributed by atoms with Crippen molar-refractivity contribution >= 4 is 17.6 Å². The summed E-state index contributed by atoms with van der Waals surface area (Å²) < 4.78 is 0. The average Bonchev–Trinajstić information content (AvgIpc) is 2.41. The minimum absolute atomic E-state index is 0.866. The van der Waals surface area contributed by atoms with Crippen molar-refractivity contribution in [1.82, 2.24) is 0 Å². The highest BCUT2D eigenvalue weighted by Crippen LogP contribution is 2.19. The van der Waals surface area contributed by atoms with Crippen molar-refractivity contribution in [2.75, 3.05) is 7.05 Å². The minimum Gasteiger partial charge on any atom is -0.296 e. The molecule has 0 saturated heterocycles. The second-order valence-corrected chi connectivity index (χ2v) is 5.08. The van der Waals surface area contributed by atoms with Gasteiger partial charge in [-0.2, -0.15) is 0 Å². The van der Waals surface area contributed by atoms with Crippen LogP contribution < -0.4 is 0 Å². The highest BCUT2D eigenvalue weighted by molar-refractivity contribution is 5.90. The van der Waals surface area contributed by atoms with Crippen LogP contribution >= 0.6 is 0 Å². The zero-order valence-electron chi connectivity index (χ0n) is 13.2. The summed E-state index contributed by atoms with van der Waals surface area (Å²) in [7, 11) is 1.79. The monoisotopic (exact) mass is 270 g/mol. The number of benzene rings is 1. The Bertz CT molecular complexity index is 502. The lowest BCUT2D eigenvalue weighted by Crippen LogP contribution is -1.98. The average molecular weight is 270 g/mol. The van der Waals surface area contributed by atoms with Crippen molar-refractivity contribution in [2.45, 2.75) is 46.5 Å². The molecule has 0 amide bonds. The smallest absolute Gasteiger partial charge is 0.0629 e. The molecule has 0 radical (unpaired) electrons. The van der Waals surface area contributed by atoms with Crippen LogP contribution in [0.4, 0.5) is 0 Å². The van der Waals surface area contributed by atoms with E-state index in [1.54, 1.807) is 7.05 Å². The second kappa shape index (κ2) is 8.47. The van der Waals surface area contributed by atoms with Gasteiger partial charge in [-0.15, -0.1) is 0 Å². The van der Waals surface area contributed by atoms with Gasteiger partial charge in [-0.05, 0) is 42.5 Å². The Morgan fingerprint density at radius 1 is 1.20 bits per heavy atom. The molecule has 0 fully saturated rings. The van der Waals surface area contributed by atoms with Gasteiger partial charge in [0, 0.05) is 19.0 Å². The van der Waals surface area contributed by atoms with Crippen LogP contribution in [0.15, 0.2) is 34.8 Å². The summed E-state index contributed by atoms with van der Waals surface area (Å²) in [6.07, 6.45) is 6.28. The Balaban J connectivity index is 2.96. The standard InChI is InChI=1S/C18H26N2/c1-6-8-18(9-7-2)20-15(4)16-10-11-17(13-19-5)14(3)12-16/h10-13H,4,6-9H2,1-3,5H3. The Labute approximate surface area is 123 Å². The van der Waals surface area contributed by atoms with E-state index in [0.29, 0.717) is 0 Å². The first-order valence-corrected chi connectivity index (χ1v) is 7.40. The fourth-order valence-corrected chi connectivity index (χ4v) is 2.21. The van der Waals surface area contributed by atoms with E-state index >= 15 is 0 Å². The lowest BCUT2D eigenvalue weighted by molar-refractivity contribution is 0.915. The zero-order chi connectivity index (χ0) is 15.0. The van der Waals surface area contributed by atoms with E-state index in [1.165, 1.54) is 11.3 Å². The number of aryl methyl sites for hydroxylation is 1. The van der Waals surface area contributed by atoms with Gasteiger partial charge in [0.05, 0.1) is 5.70 Å². The second-order valence-electron chi connectivity index (χ2n) is 5.08. The Hall–Kier alpha value is -1.70. The number of aliphatic imine (C=N–C) groups is 2. The van der Waals surface area contributed by atoms with Gasteiger partial charge in [0.1, 0.15) is 0 Å². The third-order valence-corrected chi connectivity index (χ3v) is 3.24. The van der Waals surface area contributed by atoms with Gasteiger partial charge in [-0.3, -0.25) is 9.98 Å². The molecule has 0 saturated carbocycles. The molecule has 0 unspecified atom stereocenters. The number of hydrogen-bond acceptors (Lipinski definition) is 2. The van der Waals surface area contributed by atoms with E-state index in [2.05, 4.69) is 50.5 Å². The van der Waals surface area contributed by atoms with Crippen LogP contribution in [0.5, 0.6) is 0 Å². The Morgan fingerprint density at radius 3 is 2.35 bits per heavy atom. The summed E-state index contributed by atoms with van der Waals surface area (Å²) >= 11 is 0. The molecule has 1 rings (SSSR count). The van der Waals surface area contributed by atoms with E-state index in [-0.39, 0.29) is 0 Å². The van der Waals surface area contributed by atoms with Gasteiger partial charge in [-0.25, -0.2) is 0 Å². The first-order valence-electron chi connectivity index (χ1n) is 7.40. The number of nitrogens with zero attached hydrogens (tertiary/aromatic N) is 2. The molecule has 1 aromatic carbocycles. The summed E-state index contributed by atoms with van der Waals surface area (Å²) in [5, 5.41) is 0. The number of hydrogen-bond donors (Lipinski definition) is 0. The topological polar surface area (TPSA) is 24.7 Å². The van der Waals surface area contributed by atoms with E-state index < -0.39 is 0 Å². The maximum absolute atomic E-state index is 4.73. The summed E-state index contributed by atoms with van der Waals surface area (Å²) in [5.74, 6) is 0. The molecule has 0 aromatic heterocycles. The van der Waals surface area contributed by atoms with E-state index in [1.807, 2.05) is 6.21 Å². The Kier molecular flexibility index (Phi) is 6.92. The van der Waals surface area contributed by atoms with Crippen LogP contribution in [0.2, 0.25) is 0 Å². The summed E-state index contributed by atoms with van der Waals surface area (Å²) in [4.78, 5) is 8.79. The molecule has 0 heterocycles. The van der Waals surface area contributed by atoms with Crippen LogP contribution in [0, 0.1) is 6.92 Å². The predicted octanol–water partition coefficient (Wildman–Crippen LogP) is 5.06. The minimum atomic E-state index is 0.866. The summed E-state index contributed by atoms with van der Waals surface area (Å²) in [5.41, 5.74) is 5.58. The molecule has 2 nitrogen and oxygen atoms in total. The maximum Gasteiger partial charge on any atom is 0.0629 e. The van der Waals surface area contributed by atoms with Gasteiger partial charge in [0.2, 0.25) is 0 Å². The third kappa shape index (κ3) is 4.76. The first-order chi connectivity index (χ1) is 9.62. The highest BCUT2D eigenvalue weighted by Gasteiger charge is 2.03. The molecule has 0 aliphatic rings. The van der Waals surface area contributed by atoms with Crippen molar-refractivity contribution in [2.24, 2.45) is 9.98 Å². The predicted molar refractivity (Wildman–Crippen MR) is 91.0 cm³/mol. The maximum atomic E-state index is 4.73. The van der Waals surface area contributed by atoms with Crippen LogP contribution in [-0.4, -0.2) is 19.0 Å². The summed E-state index contributed by atoms with van der Waals surface area (Å²) in [6, 6.07) is 6.29. The molecule has 0 atom stereocenters. The van der Waals surface area contributed by atoms with Gasteiger partial charge in [-0.1, -0.05) is 45.4 Å². The lowest BCUT2D eigenvalue weighted by Gasteiger charge is -2.08. The fraction of sp³-hybridized carbons (Fsp3) is 0.444. The van der Waals surface area contributed by atoms with Crippen molar-refractivity contribution in [3.8, 4) is 0 Å². The first kappa shape index (κ1) is 16.4. The van der Waals surface area contributed by atoms with E-state index in [4.69, 9.17) is 4.99 Å². The van der Waals surface area contributed by atoms with E-state index in [9.17, 15) is 0 Å². The quantitative estimate of drug-likeness (QED) is 0.619. The van der Waals surface area contributed by atoms with Gasteiger partial charge in [0.15, 0.2) is 0 Å². The molecule has 0 N–H and O–H groups in total. The molecule has 2 heteroatoms. The van der Waals surface area contributed by atoms with Crippen molar-refractivity contribution < 1.29 is 0 Å². The van der Waals surface area contributed by atoms with Crippen LogP contribution in [-0.2, 0) is 0 Å². The Morgan fingerprint density at radius 2 is 1.85 bits per heavy atom. The number of rotatable bonds is 7. The van der Waals surface area contributed by atoms with Gasteiger partial charge >= 0.3 is 0 Å². The van der Waals surface area contributed by atoms with Crippen molar-refractivity contribution in [3.63, 3.8) is 0 Å². The van der Waals surface area contributed by atoms with Gasteiger partial charge in [0.25, 0.3) is 0 Å². The highest BCUT2D eigenvalue weighted by atomic mass is 14.8. The van der Waals surface area contributed by atoms with Crippen molar-refractivity contribution in [3.05, 3.63) is 41.5 Å². The molecule has 0 spiro atoms. The molecule has 108 valence electrons. The molecule has 0 aliphatic heterocycles. The molecular weight excluding hydrogens is 244 g/mol. The lowest BCUT2D eigenvalue weighted by atomic mass is 10.0. The molecule has 1 aromatic rings. The summed E-state index contributed by atoms with van der Waals surface area (Å²) in [6.45, 7) is 10.6. The van der Waals surface area contributed by atoms with Crippen molar-refractivity contribution in [1.29, 1.82) is 0 Å². The molecular formula is C18H26N2. The normalized spacial score (nSPS) is 10.8. The molecule has 20 heavy (non-hydrogen) atoms. The van der Waals surface area contributed by atoms with E-state index in [0.717, 1.165) is 42.5 Å². The third-order valence-electron chi connectivity index (χ3n) is 3.24.